The van der Waals surface area contributed by atoms with E-state index in [9.17, 15) is 9.90 Å². The quantitative estimate of drug-likeness (QED) is 0.680. The number of rotatable bonds is 6. The van der Waals surface area contributed by atoms with Gasteiger partial charge < -0.3 is 29.3 Å². The topological polar surface area (TPSA) is 65.5 Å². The molecule has 0 aromatic heterocycles. The van der Waals surface area contributed by atoms with E-state index in [2.05, 4.69) is 41.3 Å². The van der Waals surface area contributed by atoms with Crippen molar-refractivity contribution in [3.05, 3.63) is 54.1 Å². The molecule has 3 aliphatic rings. The number of carbonyl (C=O) groups excluding carboxylic acids is 1. The zero-order chi connectivity index (χ0) is 24.2. The summed E-state index contributed by atoms with van der Waals surface area (Å²) in [6, 6.07) is 16.6. The smallest absolute Gasteiger partial charge is 0.320 e. The van der Waals surface area contributed by atoms with Crippen LogP contribution >= 0.6 is 0 Å². The predicted octanol–water partition coefficient (Wildman–Crippen LogP) is 3.94. The molecule has 188 valence electrons. The standard InChI is InChI=1S/C28H37N3O4/c1-34-26-12-11-22(18-27(26)35-25-9-5-6-10-25)29-15-16-31(28(33)30-14-13-24(32)20-30)23(19-29)17-21-7-3-2-4-8-21/h2-4,7-8,11-12,18,23-25,32H,5-6,9-10,13-17,19-20H2,1H3/t23-,24-/m0/s1. The summed E-state index contributed by atoms with van der Waals surface area (Å²) in [4.78, 5) is 19.6. The first-order valence-corrected chi connectivity index (χ1v) is 13.0. The van der Waals surface area contributed by atoms with Gasteiger partial charge in [0.05, 0.1) is 25.4 Å². The van der Waals surface area contributed by atoms with Gasteiger partial charge in [0.15, 0.2) is 11.5 Å². The van der Waals surface area contributed by atoms with Crippen LogP contribution < -0.4 is 14.4 Å². The first-order valence-electron chi connectivity index (χ1n) is 13.0. The number of piperazine rings is 1. The molecule has 2 atom stereocenters. The van der Waals surface area contributed by atoms with Gasteiger partial charge >= 0.3 is 6.03 Å². The van der Waals surface area contributed by atoms with Gasteiger partial charge in [-0.3, -0.25) is 0 Å². The molecule has 7 nitrogen and oxygen atoms in total. The number of hydrogen-bond acceptors (Lipinski definition) is 5. The maximum atomic E-state index is 13.4. The Morgan fingerprint density at radius 3 is 2.49 bits per heavy atom. The summed E-state index contributed by atoms with van der Waals surface area (Å²) in [5, 5.41) is 9.97. The van der Waals surface area contributed by atoms with Crippen LogP contribution in [-0.4, -0.2) is 79.0 Å². The predicted molar refractivity (Wildman–Crippen MR) is 136 cm³/mol. The number of methoxy groups -OCH3 is 1. The van der Waals surface area contributed by atoms with Gasteiger partial charge in [-0.2, -0.15) is 0 Å². The molecule has 0 radical (unpaired) electrons. The van der Waals surface area contributed by atoms with E-state index < -0.39 is 6.10 Å². The van der Waals surface area contributed by atoms with Gasteiger partial charge in [-0.05, 0) is 56.2 Å². The summed E-state index contributed by atoms with van der Waals surface area (Å²) in [5.74, 6) is 1.57. The number of anilines is 1. The van der Waals surface area contributed by atoms with Crippen LogP contribution in [0.5, 0.6) is 11.5 Å². The lowest BCUT2D eigenvalue weighted by atomic mass is 10.0. The first-order chi connectivity index (χ1) is 17.1. The number of likely N-dealkylation sites (tertiary alicyclic amines) is 1. The average Bonchev–Trinajstić information content (AvgIpc) is 3.56. The summed E-state index contributed by atoms with van der Waals surface area (Å²) in [7, 11) is 1.69. The van der Waals surface area contributed by atoms with Crippen LogP contribution in [0.4, 0.5) is 10.5 Å². The number of β-amino-alcohol motifs (C(OH)–C–C–N with tert-alkyl or cyclic N) is 1. The normalized spacial score (nSPS) is 23.1. The van der Waals surface area contributed by atoms with Crippen molar-refractivity contribution in [2.24, 2.45) is 0 Å². The van der Waals surface area contributed by atoms with E-state index >= 15 is 0 Å². The largest absolute Gasteiger partial charge is 0.493 e. The first kappa shape index (κ1) is 23.8. The highest BCUT2D eigenvalue weighted by atomic mass is 16.5. The minimum absolute atomic E-state index is 0.0395. The lowest BCUT2D eigenvalue weighted by molar-refractivity contribution is 0.124. The van der Waals surface area contributed by atoms with E-state index in [1.165, 1.54) is 18.4 Å². The van der Waals surface area contributed by atoms with E-state index in [1.807, 2.05) is 17.0 Å². The van der Waals surface area contributed by atoms with E-state index in [1.54, 1.807) is 12.0 Å². The summed E-state index contributed by atoms with van der Waals surface area (Å²) < 4.78 is 11.9. The zero-order valence-electron chi connectivity index (χ0n) is 20.6. The highest BCUT2D eigenvalue weighted by Gasteiger charge is 2.35. The number of ether oxygens (including phenoxy) is 2. The Kier molecular flexibility index (Phi) is 7.32. The SMILES string of the molecule is COc1ccc(N2CCN(C(=O)N3CC[C@H](O)C3)[C@@H](Cc3ccccc3)C2)cc1OC1CCCC1. The monoisotopic (exact) mass is 479 g/mol. The third kappa shape index (κ3) is 5.50. The number of aliphatic hydroxyl groups is 1. The number of hydrogen-bond donors (Lipinski definition) is 1. The Labute approximate surface area is 208 Å². The second-order valence-corrected chi connectivity index (χ2v) is 10.0. The number of carbonyl (C=O) groups is 1. The number of nitrogens with zero attached hydrogens (tertiary/aromatic N) is 3. The van der Waals surface area contributed by atoms with E-state index in [-0.39, 0.29) is 18.2 Å². The summed E-state index contributed by atoms with van der Waals surface area (Å²) in [6.07, 6.45) is 5.93. The number of benzene rings is 2. The second-order valence-electron chi connectivity index (χ2n) is 10.0. The van der Waals surface area contributed by atoms with Crippen molar-refractivity contribution in [1.29, 1.82) is 0 Å². The van der Waals surface area contributed by atoms with Crippen molar-refractivity contribution in [2.45, 2.75) is 56.8 Å². The molecular weight excluding hydrogens is 442 g/mol. The lowest BCUT2D eigenvalue weighted by Gasteiger charge is -2.44. The van der Waals surface area contributed by atoms with Crippen LogP contribution in [0.15, 0.2) is 48.5 Å². The number of urea groups is 1. The Morgan fingerprint density at radius 2 is 1.77 bits per heavy atom. The van der Waals surface area contributed by atoms with Crippen molar-refractivity contribution >= 4 is 11.7 Å². The molecule has 0 spiro atoms. The molecule has 2 saturated heterocycles. The minimum atomic E-state index is -0.412. The van der Waals surface area contributed by atoms with Crippen molar-refractivity contribution in [3.63, 3.8) is 0 Å². The fourth-order valence-electron chi connectivity index (χ4n) is 5.64. The number of amides is 2. The summed E-state index contributed by atoms with van der Waals surface area (Å²) in [5.41, 5.74) is 2.32. The fraction of sp³-hybridized carbons (Fsp3) is 0.536. The number of aliphatic hydroxyl groups excluding tert-OH is 1. The van der Waals surface area contributed by atoms with Gasteiger partial charge in [0.2, 0.25) is 0 Å². The molecule has 2 aliphatic heterocycles. The molecule has 2 amide bonds. The van der Waals surface area contributed by atoms with Gasteiger partial charge in [0, 0.05) is 44.5 Å². The van der Waals surface area contributed by atoms with Crippen molar-refractivity contribution in [3.8, 4) is 11.5 Å². The van der Waals surface area contributed by atoms with Crippen LogP contribution in [0.25, 0.3) is 0 Å². The zero-order valence-corrected chi connectivity index (χ0v) is 20.6. The van der Waals surface area contributed by atoms with Crippen molar-refractivity contribution < 1.29 is 19.4 Å². The molecule has 0 unspecified atom stereocenters. The molecule has 35 heavy (non-hydrogen) atoms. The van der Waals surface area contributed by atoms with Crippen LogP contribution in [0.2, 0.25) is 0 Å². The Balaban J connectivity index is 1.35. The summed E-state index contributed by atoms with van der Waals surface area (Å²) in [6.45, 7) is 3.19. The van der Waals surface area contributed by atoms with Crippen LogP contribution in [-0.2, 0) is 6.42 Å². The molecule has 7 heteroatoms. The van der Waals surface area contributed by atoms with Crippen molar-refractivity contribution in [1.82, 2.24) is 9.80 Å². The molecule has 2 aromatic carbocycles. The average molecular weight is 480 g/mol. The van der Waals surface area contributed by atoms with Gasteiger partial charge in [-0.25, -0.2) is 4.79 Å². The highest BCUT2D eigenvalue weighted by molar-refractivity contribution is 5.76. The van der Waals surface area contributed by atoms with Crippen LogP contribution in [0.1, 0.15) is 37.7 Å². The van der Waals surface area contributed by atoms with Gasteiger partial charge in [0.25, 0.3) is 0 Å². The lowest BCUT2D eigenvalue weighted by Crippen LogP contribution is -2.59. The van der Waals surface area contributed by atoms with E-state index in [4.69, 9.17) is 9.47 Å². The molecule has 1 aliphatic carbocycles. The third-order valence-corrected chi connectivity index (χ3v) is 7.58. The molecule has 3 fully saturated rings. The molecule has 1 saturated carbocycles. The second kappa shape index (κ2) is 10.8. The molecular formula is C28H37N3O4. The van der Waals surface area contributed by atoms with Gasteiger partial charge in [0.1, 0.15) is 0 Å². The van der Waals surface area contributed by atoms with Crippen LogP contribution in [0.3, 0.4) is 0 Å². The van der Waals surface area contributed by atoms with Gasteiger partial charge in [-0.15, -0.1) is 0 Å². The maximum absolute atomic E-state index is 13.4. The van der Waals surface area contributed by atoms with E-state index in [0.29, 0.717) is 26.1 Å². The van der Waals surface area contributed by atoms with Crippen LogP contribution in [0, 0.1) is 0 Å². The molecule has 1 N–H and O–H groups in total. The van der Waals surface area contributed by atoms with E-state index in [0.717, 1.165) is 49.5 Å². The Morgan fingerprint density at radius 1 is 0.971 bits per heavy atom. The Bertz CT molecular complexity index is 995. The highest BCUT2D eigenvalue weighted by Crippen LogP contribution is 2.36. The molecule has 2 aromatic rings. The fourth-order valence-corrected chi connectivity index (χ4v) is 5.64. The van der Waals surface area contributed by atoms with Crippen molar-refractivity contribution in [2.75, 3.05) is 44.7 Å². The minimum Gasteiger partial charge on any atom is -0.493 e. The Hall–Kier alpha value is -2.93. The third-order valence-electron chi connectivity index (χ3n) is 7.58. The van der Waals surface area contributed by atoms with Gasteiger partial charge in [-0.1, -0.05) is 30.3 Å². The summed E-state index contributed by atoms with van der Waals surface area (Å²) >= 11 is 0. The maximum Gasteiger partial charge on any atom is 0.320 e. The molecule has 5 rings (SSSR count). The molecule has 0 bridgehead atoms. The molecule has 2 heterocycles.